The summed E-state index contributed by atoms with van der Waals surface area (Å²) in [6.07, 6.45) is -0.383. The molecule has 0 aliphatic carbocycles. The molecule has 0 N–H and O–H groups in total. The molecule has 2 saturated heterocycles. The van der Waals surface area contributed by atoms with Crippen LogP contribution in [0.1, 0.15) is 48.5 Å². The van der Waals surface area contributed by atoms with Crippen LogP contribution in [-0.4, -0.2) is 67.6 Å². The lowest BCUT2D eigenvalue weighted by molar-refractivity contribution is -0.136. The molecule has 1 aromatic carbocycles. The third-order valence-corrected chi connectivity index (χ3v) is 8.74. The number of imidazole rings is 1. The zero-order valence-electron chi connectivity index (χ0n) is 23.6. The molecule has 13 heteroatoms. The zero-order chi connectivity index (χ0) is 29.9. The van der Waals surface area contributed by atoms with Gasteiger partial charge in [-0.25, -0.2) is 9.18 Å². The minimum absolute atomic E-state index is 0.0805. The predicted octanol–water partition coefficient (Wildman–Crippen LogP) is 4.22. The van der Waals surface area contributed by atoms with Crippen molar-refractivity contribution in [3.8, 4) is 5.69 Å². The van der Waals surface area contributed by atoms with Crippen LogP contribution in [0, 0.1) is 0 Å². The fourth-order valence-corrected chi connectivity index (χ4v) is 6.30. The first-order valence-corrected chi connectivity index (χ1v) is 13.7. The van der Waals surface area contributed by atoms with Gasteiger partial charge in [0.25, 0.3) is 0 Å². The van der Waals surface area contributed by atoms with E-state index in [1.165, 1.54) is 27.9 Å². The van der Waals surface area contributed by atoms with E-state index in [4.69, 9.17) is 9.47 Å². The van der Waals surface area contributed by atoms with Crippen LogP contribution in [0.4, 0.5) is 17.6 Å². The highest BCUT2D eigenvalue weighted by molar-refractivity contribution is 5.58. The third kappa shape index (κ3) is 4.63. The number of fused-ring (bicyclic) bond motifs is 1. The average Bonchev–Trinajstić information content (AvgIpc) is 3.60. The molecule has 9 nitrogen and oxygen atoms in total. The van der Waals surface area contributed by atoms with Crippen LogP contribution >= 0.6 is 0 Å². The number of likely N-dealkylation sites (tertiary alicyclic amines) is 1. The van der Waals surface area contributed by atoms with Crippen molar-refractivity contribution < 1.29 is 27.0 Å². The van der Waals surface area contributed by atoms with Crippen molar-refractivity contribution in [2.75, 3.05) is 33.5 Å². The Morgan fingerprint density at radius 1 is 1.19 bits per heavy atom. The van der Waals surface area contributed by atoms with E-state index in [0.29, 0.717) is 23.4 Å². The van der Waals surface area contributed by atoms with Gasteiger partial charge in [0, 0.05) is 38.6 Å². The number of aryl methyl sites for hydroxylation is 1. The van der Waals surface area contributed by atoms with E-state index in [1.807, 2.05) is 6.92 Å². The molecule has 2 atom stereocenters. The second-order valence-corrected chi connectivity index (χ2v) is 11.6. The van der Waals surface area contributed by atoms with Gasteiger partial charge in [-0.2, -0.15) is 13.2 Å². The topological polar surface area (TPSA) is 78.8 Å². The smallest absolute Gasteiger partial charge is 0.383 e. The first-order chi connectivity index (χ1) is 20.0. The monoisotopic (exact) mass is 588 g/mol. The maximum Gasteiger partial charge on any atom is 0.418 e. The lowest BCUT2D eigenvalue weighted by atomic mass is 9.74. The fraction of sp³-hybridized carbons (Fsp3) is 0.483. The number of nitrogens with zero attached hydrogens (tertiary/aromatic N) is 6. The molecule has 0 saturated carbocycles. The van der Waals surface area contributed by atoms with Crippen molar-refractivity contribution in [1.29, 1.82) is 0 Å². The summed E-state index contributed by atoms with van der Waals surface area (Å²) in [6.45, 7) is 3.62. The van der Waals surface area contributed by atoms with Gasteiger partial charge in [-0.1, -0.05) is 12.1 Å². The van der Waals surface area contributed by atoms with Crippen LogP contribution < -0.4 is 5.69 Å². The molecule has 0 radical (unpaired) electrons. The summed E-state index contributed by atoms with van der Waals surface area (Å²) in [5, 5.41) is 7.69. The summed E-state index contributed by atoms with van der Waals surface area (Å²) in [4.78, 5) is 15.7. The van der Waals surface area contributed by atoms with E-state index in [1.54, 1.807) is 38.4 Å². The van der Waals surface area contributed by atoms with Gasteiger partial charge >= 0.3 is 11.9 Å². The lowest BCUT2D eigenvalue weighted by Crippen LogP contribution is -2.50. The summed E-state index contributed by atoms with van der Waals surface area (Å²) in [5.74, 6) is 0.137. The van der Waals surface area contributed by atoms with Crippen molar-refractivity contribution in [3.05, 3.63) is 82.1 Å². The molecule has 2 aliphatic rings. The number of methoxy groups -OCH3 is 1. The van der Waals surface area contributed by atoms with Gasteiger partial charge in [0.2, 0.25) is 0 Å². The average molecular weight is 589 g/mol. The summed E-state index contributed by atoms with van der Waals surface area (Å²) in [5.41, 5.74) is -1.94. The zero-order valence-corrected chi connectivity index (χ0v) is 23.6. The van der Waals surface area contributed by atoms with Crippen molar-refractivity contribution in [1.82, 2.24) is 28.6 Å². The maximum absolute atomic E-state index is 15.9. The number of hydrogen-bond donors (Lipinski definition) is 0. The fourth-order valence-electron chi connectivity index (χ4n) is 6.30. The number of alkyl halides is 4. The highest BCUT2D eigenvalue weighted by Gasteiger charge is 2.50. The highest BCUT2D eigenvalue weighted by Crippen LogP contribution is 2.45. The minimum atomic E-state index is -4.69. The molecular formula is C29H32F4N6O3. The number of hydrogen-bond acceptors (Lipinski definition) is 6. The molecule has 2 aliphatic heterocycles. The predicted molar refractivity (Wildman–Crippen MR) is 145 cm³/mol. The summed E-state index contributed by atoms with van der Waals surface area (Å²) >= 11 is 0. The number of aromatic nitrogens is 5. The summed E-state index contributed by atoms with van der Waals surface area (Å²) in [7, 11) is 3.25. The van der Waals surface area contributed by atoms with E-state index >= 15 is 4.39 Å². The number of rotatable bonds is 8. The molecule has 0 unspecified atom stereocenters. The summed E-state index contributed by atoms with van der Waals surface area (Å²) < 4.78 is 73.4. The second kappa shape index (κ2) is 10.3. The lowest BCUT2D eigenvalue weighted by Gasteiger charge is -2.43. The largest absolute Gasteiger partial charge is 0.418 e. The molecule has 3 aromatic heterocycles. The molecule has 0 bridgehead atoms. The normalized spacial score (nSPS) is 21.6. The molecule has 5 heterocycles. The van der Waals surface area contributed by atoms with Crippen LogP contribution in [0.2, 0.25) is 0 Å². The van der Waals surface area contributed by atoms with Crippen LogP contribution in [0.25, 0.3) is 11.2 Å². The van der Waals surface area contributed by atoms with Gasteiger partial charge in [-0.15, -0.1) is 10.2 Å². The van der Waals surface area contributed by atoms with Crippen molar-refractivity contribution in [3.63, 3.8) is 0 Å². The standard InChI is InChI=1S/C29H32F4N6O3/c1-27(15-41-3)8-5-9-37(27)12-19-10-22(29(31,32)33)23-14-38(26(40)39(23)13-19)21-7-4-6-20(11-21)28(16-42-17-28)24(30)25-35-34-18-36(25)2/h4,6-7,10-11,13-14,18,24H,5,8-9,12,15-17H2,1-3H3/t24-,27-/m0/s1. The van der Waals surface area contributed by atoms with Crippen molar-refractivity contribution >= 4 is 5.52 Å². The van der Waals surface area contributed by atoms with E-state index < -0.39 is 29.0 Å². The minimum Gasteiger partial charge on any atom is -0.383 e. The Morgan fingerprint density at radius 3 is 2.62 bits per heavy atom. The molecule has 2 fully saturated rings. The molecular weight excluding hydrogens is 556 g/mol. The van der Waals surface area contributed by atoms with Crippen LogP contribution in [0.15, 0.2) is 53.8 Å². The van der Waals surface area contributed by atoms with Gasteiger partial charge in [0.1, 0.15) is 6.33 Å². The third-order valence-electron chi connectivity index (χ3n) is 8.74. The quantitative estimate of drug-likeness (QED) is 0.287. The molecule has 4 aromatic rings. The summed E-state index contributed by atoms with van der Waals surface area (Å²) in [6, 6.07) is 7.74. The van der Waals surface area contributed by atoms with E-state index in [9.17, 15) is 18.0 Å². The Morgan fingerprint density at radius 2 is 1.98 bits per heavy atom. The first-order valence-electron chi connectivity index (χ1n) is 13.7. The van der Waals surface area contributed by atoms with E-state index in [-0.39, 0.29) is 36.6 Å². The number of halogens is 4. The van der Waals surface area contributed by atoms with Gasteiger partial charge in [-0.05, 0) is 55.6 Å². The van der Waals surface area contributed by atoms with Gasteiger partial charge < -0.3 is 14.0 Å². The van der Waals surface area contributed by atoms with Gasteiger partial charge in [0.05, 0.1) is 42.0 Å². The van der Waals surface area contributed by atoms with Crippen LogP contribution in [-0.2, 0) is 34.7 Å². The van der Waals surface area contributed by atoms with Crippen LogP contribution in [0.5, 0.6) is 0 Å². The Hall–Kier alpha value is -3.55. The number of benzene rings is 1. The van der Waals surface area contributed by atoms with Crippen molar-refractivity contribution in [2.45, 2.75) is 49.6 Å². The Kier molecular flexibility index (Phi) is 7.02. The number of ether oxygens (including phenoxy) is 2. The highest BCUT2D eigenvalue weighted by atomic mass is 19.4. The Balaban J connectivity index is 1.42. The Bertz CT molecular complexity index is 1670. The molecule has 42 heavy (non-hydrogen) atoms. The van der Waals surface area contributed by atoms with E-state index in [0.717, 1.165) is 29.9 Å². The van der Waals surface area contributed by atoms with Crippen LogP contribution in [0.3, 0.4) is 0 Å². The van der Waals surface area contributed by atoms with Gasteiger partial charge in [-0.3, -0.25) is 13.9 Å². The molecule has 224 valence electrons. The molecule has 0 amide bonds. The molecule has 0 spiro atoms. The van der Waals surface area contributed by atoms with Gasteiger partial charge in [0.15, 0.2) is 12.0 Å². The number of pyridine rings is 1. The van der Waals surface area contributed by atoms with E-state index in [2.05, 4.69) is 15.1 Å². The molecule has 6 rings (SSSR count). The second-order valence-electron chi connectivity index (χ2n) is 11.6. The van der Waals surface area contributed by atoms with Crippen molar-refractivity contribution in [2.24, 2.45) is 7.05 Å². The SMILES string of the molecule is COC[C@]1(C)CCCN1Cc1cc(C(F)(F)F)c2cn(-c3cccc(C4([C@@H](F)c5nncn5C)COC4)c3)c(=O)n2c1. The maximum atomic E-state index is 15.9. The first kappa shape index (κ1) is 28.6. The Labute approximate surface area is 239 Å².